The monoisotopic (exact) mass is 226 g/mol. The minimum Gasteiger partial charge on any atom is -0.381 e. The zero-order valence-corrected chi connectivity index (χ0v) is 10.1. The third-order valence-electron chi connectivity index (χ3n) is 3.73. The lowest BCUT2D eigenvalue weighted by Gasteiger charge is -2.34. The largest absolute Gasteiger partial charge is 0.381 e. The third kappa shape index (κ3) is 3.19. The summed E-state index contributed by atoms with van der Waals surface area (Å²) in [6, 6.07) is 0.343. The maximum atomic E-state index is 11.0. The highest BCUT2D eigenvalue weighted by atomic mass is 16.5. The number of carbonyl (C=O) groups excluding carboxylic acids is 1. The van der Waals surface area contributed by atoms with Crippen LogP contribution >= 0.6 is 0 Å². The third-order valence-corrected chi connectivity index (χ3v) is 3.73. The van der Waals surface area contributed by atoms with Crippen LogP contribution in [0.3, 0.4) is 0 Å². The molecule has 2 aliphatic heterocycles. The smallest absolute Gasteiger partial charge is 0.220 e. The number of rotatable bonds is 4. The predicted octanol–water partition coefficient (Wildman–Crippen LogP) is 0.671. The van der Waals surface area contributed by atoms with Gasteiger partial charge in [-0.3, -0.25) is 4.79 Å². The van der Waals surface area contributed by atoms with E-state index in [9.17, 15) is 4.79 Å². The summed E-state index contributed by atoms with van der Waals surface area (Å²) in [6.07, 6.45) is 3.94. The van der Waals surface area contributed by atoms with Gasteiger partial charge < -0.3 is 15.4 Å². The fourth-order valence-electron chi connectivity index (χ4n) is 2.42. The van der Waals surface area contributed by atoms with Crippen LogP contribution in [-0.4, -0.2) is 38.3 Å². The maximum absolute atomic E-state index is 11.0. The molecular weight excluding hydrogens is 204 g/mol. The second-order valence-corrected chi connectivity index (χ2v) is 5.36. The normalized spacial score (nSPS) is 29.1. The van der Waals surface area contributed by atoms with E-state index in [1.807, 2.05) is 0 Å². The van der Waals surface area contributed by atoms with Crippen molar-refractivity contribution in [3.63, 3.8) is 0 Å². The lowest BCUT2D eigenvalue weighted by Crippen LogP contribution is -2.42. The lowest BCUT2D eigenvalue weighted by molar-refractivity contribution is -0.119. The van der Waals surface area contributed by atoms with Crippen molar-refractivity contribution in [2.45, 2.75) is 38.6 Å². The summed E-state index contributed by atoms with van der Waals surface area (Å²) in [5.41, 5.74) is 0.376. The van der Waals surface area contributed by atoms with Crippen molar-refractivity contribution < 1.29 is 9.53 Å². The second kappa shape index (κ2) is 5.15. The fourth-order valence-corrected chi connectivity index (χ4v) is 2.42. The Balaban J connectivity index is 1.65. The zero-order valence-electron chi connectivity index (χ0n) is 10.1. The molecule has 92 valence electrons. The molecule has 2 rings (SSSR count). The van der Waals surface area contributed by atoms with E-state index in [0.717, 1.165) is 45.6 Å². The minimum absolute atomic E-state index is 0.198. The van der Waals surface area contributed by atoms with Gasteiger partial charge in [0, 0.05) is 38.8 Å². The molecule has 0 aliphatic carbocycles. The van der Waals surface area contributed by atoms with E-state index in [4.69, 9.17) is 4.74 Å². The Kier molecular flexibility index (Phi) is 3.82. The first-order valence-corrected chi connectivity index (χ1v) is 6.26. The van der Waals surface area contributed by atoms with Gasteiger partial charge in [-0.25, -0.2) is 0 Å². The van der Waals surface area contributed by atoms with Gasteiger partial charge in [0.2, 0.25) is 5.91 Å². The molecule has 4 heteroatoms. The molecular formula is C12H22N2O2. The molecule has 1 unspecified atom stereocenters. The average molecular weight is 226 g/mol. The molecule has 0 aromatic carbocycles. The van der Waals surface area contributed by atoms with Crippen molar-refractivity contribution in [2.75, 3.05) is 26.3 Å². The first-order chi connectivity index (χ1) is 7.68. The molecule has 2 fully saturated rings. The molecule has 4 nitrogen and oxygen atoms in total. The van der Waals surface area contributed by atoms with Crippen molar-refractivity contribution in [3.05, 3.63) is 0 Å². The lowest BCUT2D eigenvalue weighted by atomic mass is 9.82. The van der Waals surface area contributed by atoms with Crippen LogP contribution in [0.15, 0.2) is 0 Å². The van der Waals surface area contributed by atoms with E-state index in [0.29, 0.717) is 17.9 Å². The van der Waals surface area contributed by atoms with Crippen LogP contribution in [0.25, 0.3) is 0 Å². The molecule has 0 radical (unpaired) electrons. The standard InChI is InChI=1S/C12H22N2O2/c1-12(4-6-16-7-5-12)9-13-8-10-2-3-11(15)14-10/h10,13H,2-9H2,1H3,(H,14,15). The SMILES string of the molecule is CC1(CNCC2CCC(=O)N2)CCOCC1. The fraction of sp³-hybridized carbons (Fsp3) is 0.917. The van der Waals surface area contributed by atoms with Crippen LogP contribution in [0.5, 0.6) is 0 Å². The number of amides is 1. The van der Waals surface area contributed by atoms with E-state index in [1.54, 1.807) is 0 Å². The molecule has 0 spiro atoms. The van der Waals surface area contributed by atoms with Gasteiger partial charge in [-0.1, -0.05) is 6.92 Å². The Morgan fingerprint density at radius 1 is 1.50 bits per heavy atom. The molecule has 2 N–H and O–H groups in total. The van der Waals surface area contributed by atoms with Crippen molar-refractivity contribution in [1.82, 2.24) is 10.6 Å². The summed E-state index contributed by atoms with van der Waals surface area (Å²) in [5, 5.41) is 6.47. The molecule has 1 amide bonds. The number of carbonyl (C=O) groups is 1. The molecule has 0 aromatic rings. The van der Waals surface area contributed by atoms with Crippen LogP contribution in [-0.2, 0) is 9.53 Å². The quantitative estimate of drug-likeness (QED) is 0.741. The number of hydrogen-bond donors (Lipinski definition) is 2. The zero-order chi connectivity index (χ0) is 11.4. The van der Waals surface area contributed by atoms with E-state index in [1.165, 1.54) is 0 Å². The predicted molar refractivity (Wildman–Crippen MR) is 62.2 cm³/mol. The van der Waals surface area contributed by atoms with E-state index >= 15 is 0 Å². The molecule has 2 aliphatic rings. The van der Waals surface area contributed by atoms with Crippen molar-refractivity contribution >= 4 is 5.91 Å². The van der Waals surface area contributed by atoms with Crippen LogP contribution in [0.1, 0.15) is 32.6 Å². The molecule has 0 aromatic heterocycles. The Hall–Kier alpha value is -0.610. The number of hydrogen-bond acceptors (Lipinski definition) is 3. The second-order valence-electron chi connectivity index (χ2n) is 5.36. The van der Waals surface area contributed by atoms with Gasteiger partial charge in [-0.15, -0.1) is 0 Å². The van der Waals surface area contributed by atoms with Gasteiger partial charge in [-0.05, 0) is 24.7 Å². The summed E-state index contributed by atoms with van der Waals surface area (Å²) in [4.78, 5) is 11.0. The number of ether oxygens (including phenoxy) is 1. The molecule has 0 bridgehead atoms. The van der Waals surface area contributed by atoms with Crippen LogP contribution < -0.4 is 10.6 Å². The molecule has 2 saturated heterocycles. The Morgan fingerprint density at radius 2 is 2.25 bits per heavy atom. The molecule has 0 saturated carbocycles. The van der Waals surface area contributed by atoms with E-state index in [2.05, 4.69) is 17.6 Å². The summed E-state index contributed by atoms with van der Waals surface area (Å²) in [7, 11) is 0. The van der Waals surface area contributed by atoms with Gasteiger partial charge in [0.1, 0.15) is 0 Å². The maximum Gasteiger partial charge on any atom is 0.220 e. The first kappa shape index (κ1) is 11.9. The average Bonchev–Trinajstić information content (AvgIpc) is 2.65. The summed E-state index contributed by atoms with van der Waals surface area (Å²) in [5.74, 6) is 0.198. The van der Waals surface area contributed by atoms with E-state index in [-0.39, 0.29) is 5.91 Å². The highest BCUT2D eigenvalue weighted by Crippen LogP contribution is 2.28. The first-order valence-electron chi connectivity index (χ1n) is 6.26. The van der Waals surface area contributed by atoms with Gasteiger partial charge in [0.05, 0.1) is 0 Å². The van der Waals surface area contributed by atoms with Crippen molar-refractivity contribution in [3.8, 4) is 0 Å². The van der Waals surface area contributed by atoms with Crippen LogP contribution in [0.4, 0.5) is 0 Å². The highest BCUT2D eigenvalue weighted by Gasteiger charge is 2.27. The van der Waals surface area contributed by atoms with Gasteiger partial charge in [0.25, 0.3) is 0 Å². The molecule has 2 heterocycles. The van der Waals surface area contributed by atoms with Gasteiger partial charge in [-0.2, -0.15) is 0 Å². The van der Waals surface area contributed by atoms with Crippen molar-refractivity contribution in [1.29, 1.82) is 0 Å². The summed E-state index contributed by atoms with van der Waals surface area (Å²) in [6.45, 7) is 6.03. The Morgan fingerprint density at radius 3 is 2.88 bits per heavy atom. The summed E-state index contributed by atoms with van der Waals surface area (Å²) < 4.78 is 5.37. The summed E-state index contributed by atoms with van der Waals surface area (Å²) >= 11 is 0. The van der Waals surface area contributed by atoms with Crippen molar-refractivity contribution in [2.24, 2.45) is 5.41 Å². The van der Waals surface area contributed by atoms with Crippen LogP contribution in [0, 0.1) is 5.41 Å². The van der Waals surface area contributed by atoms with Gasteiger partial charge in [0.15, 0.2) is 0 Å². The Labute approximate surface area is 97.1 Å². The topological polar surface area (TPSA) is 50.4 Å². The minimum atomic E-state index is 0.198. The van der Waals surface area contributed by atoms with E-state index < -0.39 is 0 Å². The number of nitrogens with one attached hydrogen (secondary N) is 2. The molecule has 1 atom stereocenters. The Bertz CT molecular complexity index is 249. The highest BCUT2D eigenvalue weighted by molar-refractivity contribution is 5.78. The van der Waals surface area contributed by atoms with Gasteiger partial charge >= 0.3 is 0 Å². The van der Waals surface area contributed by atoms with Crippen LogP contribution in [0.2, 0.25) is 0 Å². The molecule has 16 heavy (non-hydrogen) atoms.